The molecule has 176 valence electrons. The number of hydrogen-bond donors (Lipinski definition) is 0. The lowest BCUT2D eigenvalue weighted by atomic mass is 10.1. The van der Waals surface area contributed by atoms with Gasteiger partial charge in [-0.05, 0) is 43.3 Å². The highest BCUT2D eigenvalue weighted by atomic mass is 35.5. The van der Waals surface area contributed by atoms with Crippen LogP contribution in [0.25, 0.3) is 33.9 Å². The summed E-state index contributed by atoms with van der Waals surface area (Å²) in [5, 5.41) is 3.80. The Morgan fingerprint density at radius 2 is 1.70 bits per heavy atom. The molecule has 33 heavy (non-hydrogen) atoms. The Balaban J connectivity index is 0.00000306. The molecule has 0 saturated carbocycles. The van der Waals surface area contributed by atoms with E-state index in [2.05, 4.69) is 19.9 Å². The zero-order valence-electron chi connectivity index (χ0n) is 16.9. The molecule has 13 heteroatoms. The third-order valence-electron chi connectivity index (χ3n) is 4.71. The summed E-state index contributed by atoms with van der Waals surface area (Å²) >= 11 is 0. The van der Waals surface area contributed by atoms with Crippen molar-refractivity contribution in [3.8, 4) is 28.6 Å². The van der Waals surface area contributed by atoms with Crippen molar-refractivity contribution in [3.63, 3.8) is 0 Å². The van der Waals surface area contributed by atoms with Crippen LogP contribution in [0.5, 0.6) is 5.75 Å². The Bertz CT molecular complexity index is 1280. The van der Waals surface area contributed by atoms with Gasteiger partial charge in [0, 0.05) is 18.2 Å². The number of benzene rings is 2. The first-order valence-electron chi connectivity index (χ1n) is 9.13. The van der Waals surface area contributed by atoms with Gasteiger partial charge in [0.2, 0.25) is 5.82 Å². The van der Waals surface area contributed by atoms with Gasteiger partial charge in [-0.2, -0.15) is 31.3 Å². The number of halogens is 7. The lowest BCUT2D eigenvalue weighted by Crippen LogP contribution is -2.31. The van der Waals surface area contributed by atoms with Crippen LogP contribution in [0.3, 0.4) is 0 Å². The second kappa shape index (κ2) is 8.58. The predicted octanol–water partition coefficient (Wildman–Crippen LogP) is 6.06. The summed E-state index contributed by atoms with van der Waals surface area (Å²) in [7, 11) is 1.79. The monoisotopic (exact) mass is 492 g/mol. The molecule has 0 N–H and O–H groups in total. The quantitative estimate of drug-likeness (QED) is 0.324. The number of aryl methyl sites for hydroxylation is 1. The molecule has 1 atom stereocenters. The van der Waals surface area contributed by atoms with Crippen molar-refractivity contribution in [1.82, 2.24) is 19.7 Å². The minimum absolute atomic E-state index is 0. The molecule has 6 nitrogen and oxygen atoms in total. The number of aromatic nitrogens is 4. The van der Waals surface area contributed by atoms with E-state index in [0.29, 0.717) is 18.6 Å². The van der Waals surface area contributed by atoms with E-state index in [9.17, 15) is 26.3 Å². The van der Waals surface area contributed by atoms with Gasteiger partial charge in [0.15, 0.2) is 6.10 Å². The largest absolute Gasteiger partial charge is 0.481 e. The highest BCUT2D eigenvalue weighted by Crippen LogP contribution is 2.40. The van der Waals surface area contributed by atoms with Gasteiger partial charge >= 0.3 is 12.4 Å². The molecule has 2 aromatic heterocycles. The third kappa shape index (κ3) is 4.90. The summed E-state index contributed by atoms with van der Waals surface area (Å²) in [5.41, 5.74) is 0.560. The summed E-state index contributed by atoms with van der Waals surface area (Å²) in [6, 6.07) is 7.69. The standard InChI is InChI=1S/C20H14F6N4O2.ClH/c1-10(19(21,22)23)31-16-6-4-12(7-13(16)20(24,25)26)18-28-17(29-32-18)11-3-5-14-15(8-11)30(2)9-27-14;/h3-10H,1-2H3;1H. The van der Waals surface area contributed by atoms with Gasteiger partial charge in [-0.3, -0.25) is 0 Å². The molecule has 0 aliphatic heterocycles. The van der Waals surface area contributed by atoms with Crippen LogP contribution < -0.4 is 4.74 Å². The van der Waals surface area contributed by atoms with Crippen molar-refractivity contribution in [3.05, 3.63) is 48.3 Å². The minimum Gasteiger partial charge on any atom is -0.481 e. The maximum atomic E-state index is 13.5. The average Bonchev–Trinajstić information content (AvgIpc) is 3.34. The first kappa shape index (κ1) is 24.4. The smallest absolute Gasteiger partial charge is 0.425 e. The van der Waals surface area contributed by atoms with Crippen LogP contribution in [0.2, 0.25) is 0 Å². The molecular formula is C20H15ClF6N4O2. The molecule has 2 aromatic carbocycles. The minimum atomic E-state index is -4.97. The summed E-state index contributed by atoms with van der Waals surface area (Å²) in [6.07, 6.45) is -10.6. The highest BCUT2D eigenvalue weighted by Gasteiger charge is 2.41. The summed E-state index contributed by atoms with van der Waals surface area (Å²) in [5.74, 6) is -1.05. The number of fused-ring (bicyclic) bond motifs is 1. The first-order chi connectivity index (χ1) is 14.9. The van der Waals surface area contributed by atoms with Gasteiger partial charge < -0.3 is 13.8 Å². The van der Waals surface area contributed by atoms with Crippen molar-refractivity contribution >= 4 is 23.4 Å². The van der Waals surface area contributed by atoms with E-state index in [-0.39, 0.29) is 29.7 Å². The molecule has 0 bridgehead atoms. The van der Waals surface area contributed by atoms with Crippen molar-refractivity contribution in [1.29, 1.82) is 0 Å². The SMILES string of the molecule is CC(Oc1ccc(-c2nc(-c3ccc4ncn(C)c4c3)no2)cc1C(F)(F)F)C(F)(F)F.Cl. The summed E-state index contributed by atoms with van der Waals surface area (Å²) in [6.45, 7) is 0.622. The fourth-order valence-electron chi connectivity index (χ4n) is 2.97. The number of rotatable bonds is 4. The van der Waals surface area contributed by atoms with Crippen LogP contribution in [0.4, 0.5) is 26.3 Å². The molecular weight excluding hydrogens is 478 g/mol. The number of ether oxygens (including phenoxy) is 1. The van der Waals surface area contributed by atoms with E-state index in [1.54, 1.807) is 36.1 Å². The van der Waals surface area contributed by atoms with Crippen LogP contribution in [0.15, 0.2) is 47.2 Å². The third-order valence-corrected chi connectivity index (χ3v) is 4.71. The maximum absolute atomic E-state index is 13.5. The van der Waals surface area contributed by atoms with Crippen molar-refractivity contribution in [2.45, 2.75) is 25.4 Å². The van der Waals surface area contributed by atoms with Crippen LogP contribution in [-0.4, -0.2) is 32.0 Å². The molecule has 0 aliphatic carbocycles. The predicted molar refractivity (Wildman–Crippen MR) is 108 cm³/mol. The Morgan fingerprint density at radius 3 is 2.36 bits per heavy atom. The van der Waals surface area contributed by atoms with Gasteiger partial charge in [0.05, 0.1) is 22.9 Å². The molecule has 0 fully saturated rings. The van der Waals surface area contributed by atoms with Gasteiger partial charge in [0.1, 0.15) is 5.75 Å². The lowest BCUT2D eigenvalue weighted by Gasteiger charge is -2.20. The number of alkyl halides is 6. The van der Waals surface area contributed by atoms with Crippen LogP contribution in [-0.2, 0) is 13.2 Å². The number of hydrogen-bond acceptors (Lipinski definition) is 5. The number of imidazole rings is 1. The molecule has 0 saturated heterocycles. The molecule has 4 aromatic rings. The second-order valence-corrected chi connectivity index (χ2v) is 6.99. The second-order valence-electron chi connectivity index (χ2n) is 6.99. The van der Waals surface area contributed by atoms with E-state index in [4.69, 9.17) is 4.52 Å². The van der Waals surface area contributed by atoms with Gasteiger partial charge in [-0.25, -0.2) is 4.98 Å². The van der Waals surface area contributed by atoms with E-state index in [1.807, 2.05) is 0 Å². The Morgan fingerprint density at radius 1 is 1.00 bits per heavy atom. The summed E-state index contributed by atoms with van der Waals surface area (Å²) < 4.78 is 90.0. The van der Waals surface area contributed by atoms with Gasteiger partial charge in [-0.1, -0.05) is 5.16 Å². The van der Waals surface area contributed by atoms with Gasteiger partial charge in [-0.15, -0.1) is 12.4 Å². The Hall–Kier alpha value is -3.28. The molecule has 2 heterocycles. The van der Waals surface area contributed by atoms with Crippen LogP contribution in [0, 0.1) is 0 Å². The van der Waals surface area contributed by atoms with Gasteiger partial charge in [0.25, 0.3) is 5.89 Å². The Kier molecular flexibility index (Phi) is 6.33. The van der Waals surface area contributed by atoms with Crippen molar-refractivity contribution < 1.29 is 35.6 Å². The zero-order valence-corrected chi connectivity index (χ0v) is 17.7. The first-order valence-corrected chi connectivity index (χ1v) is 9.13. The fourth-order valence-corrected chi connectivity index (χ4v) is 2.97. The van der Waals surface area contributed by atoms with E-state index < -0.39 is 29.8 Å². The summed E-state index contributed by atoms with van der Waals surface area (Å²) in [4.78, 5) is 8.32. The molecule has 0 radical (unpaired) electrons. The molecule has 0 spiro atoms. The Labute approximate surface area is 188 Å². The van der Waals surface area contributed by atoms with Crippen LogP contribution >= 0.6 is 12.4 Å². The molecule has 4 rings (SSSR count). The average molecular weight is 493 g/mol. The maximum Gasteiger partial charge on any atom is 0.425 e. The molecule has 0 aliphatic rings. The molecule has 0 amide bonds. The van der Waals surface area contributed by atoms with E-state index in [0.717, 1.165) is 23.2 Å². The van der Waals surface area contributed by atoms with Crippen molar-refractivity contribution in [2.24, 2.45) is 7.05 Å². The zero-order chi connectivity index (χ0) is 23.3. The van der Waals surface area contributed by atoms with Crippen molar-refractivity contribution in [2.75, 3.05) is 0 Å². The molecule has 1 unspecified atom stereocenters. The fraction of sp³-hybridized carbons (Fsp3) is 0.250. The highest BCUT2D eigenvalue weighted by molar-refractivity contribution is 5.85. The number of nitrogens with zero attached hydrogens (tertiary/aromatic N) is 4. The van der Waals surface area contributed by atoms with Crippen LogP contribution in [0.1, 0.15) is 12.5 Å². The van der Waals surface area contributed by atoms with E-state index >= 15 is 0 Å². The topological polar surface area (TPSA) is 66.0 Å². The lowest BCUT2D eigenvalue weighted by molar-refractivity contribution is -0.191. The normalized spacial score (nSPS) is 13.1. The van der Waals surface area contributed by atoms with E-state index in [1.165, 1.54) is 0 Å².